The molecule has 1 aliphatic heterocycles. The molecule has 1 saturated heterocycles. The summed E-state index contributed by atoms with van der Waals surface area (Å²) in [5, 5.41) is 11.4. The monoisotopic (exact) mass is 412 g/mol. The highest BCUT2D eigenvalue weighted by molar-refractivity contribution is 5.79. The third kappa shape index (κ3) is 6.85. The molecule has 2 N–H and O–H groups in total. The molecule has 7 nitrogen and oxygen atoms in total. The summed E-state index contributed by atoms with van der Waals surface area (Å²) < 4.78 is 7.43. The van der Waals surface area contributed by atoms with Crippen LogP contribution in [0.4, 0.5) is 0 Å². The number of para-hydroxylation sites is 1. The van der Waals surface area contributed by atoms with E-state index in [4.69, 9.17) is 9.73 Å². The Labute approximate surface area is 180 Å². The van der Waals surface area contributed by atoms with Crippen molar-refractivity contribution in [1.29, 1.82) is 0 Å². The summed E-state index contributed by atoms with van der Waals surface area (Å²) >= 11 is 0. The van der Waals surface area contributed by atoms with Crippen molar-refractivity contribution >= 4 is 5.96 Å². The van der Waals surface area contributed by atoms with Crippen molar-refractivity contribution in [3.63, 3.8) is 0 Å². The zero-order valence-electron chi connectivity index (χ0n) is 18.6. The van der Waals surface area contributed by atoms with Gasteiger partial charge in [-0.15, -0.1) is 0 Å². The van der Waals surface area contributed by atoms with Crippen LogP contribution in [0.2, 0.25) is 0 Å². The number of aliphatic imine (C=N–C) groups is 1. The minimum atomic E-state index is 0.485. The van der Waals surface area contributed by atoms with Gasteiger partial charge in [0.15, 0.2) is 5.96 Å². The lowest BCUT2D eigenvalue weighted by molar-refractivity contribution is 0.0132. The van der Waals surface area contributed by atoms with Gasteiger partial charge < -0.3 is 15.4 Å². The molecule has 1 fully saturated rings. The third-order valence-electron chi connectivity index (χ3n) is 5.23. The van der Waals surface area contributed by atoms with Gasteiger partial charge in [0.05, 0.1) is 31.6 Å². The molecule has 2 aromatic rings. The number of morpholine rings is 1. The van der Waals surface area contributed by atoms with Gasteiger partial charge >= 0.3 is 0 Å². The lowest BCUT2D eigenvalue weighted by atomic mass is 10.0. The minimum Gasteiger partial charge on any atom is -0.379 e. The molecule has 3 rings (SSSR count). The second kappa shape index (κ2) is 11.7. The van der Waals surface area contributed by atoms with E-state index in [-0.39, 0.29) is 0 Å². The molecule has 1 unspecified atom stereocenters. The molecule has 1 atom stereocenters. The highest BCUT2D eigenvalue weighted by Gasteiger charge is 2.22. The molecule has 0 aliphatic carbocycles. The average Bonchev–Trinajstić information content (AvgIpc) is 3.25. The van der Waals surface area contributed by atoms with Crippen molar-refractivity contribution in [2.75, 3.05) is 39.4 Å². The molecule has 0 saturated carbocycles. The van der Waals surface area contributed by atoms with E-state index in [9.17, 15) is 0 Å². The van der Waals surface area contributed by atoms with Crippen molar-refractivity contribution in [1.82, 2.24) is 25.3 Å². The highest BCUT2D eigenvalue weighted by atomic mass is 16.5. The van der Waals surface area contributed by atoms with Crippen molar-refractivity contribution in [2.24, 2.45) is 10.9 Å². The quantitative estimate of drug-likeness (QED) is 0.490. The Balaban J connectivity index is 1.60. The first-order valence-corrected chi connectivity index (χ1v) is 11.1. The molecule has 2 heterocycles. The summed E-state index contributed by atoms with van der Waals surface area (Å²) in [5.74, 6) is 1.51. The van der Waals surface area contributed by atoms with E-state index in [2.05, 4.69) is 41.4 Å². The van der Waals surface area contributed by atoms with Crippen LogP contribution in [0.1, 0.15) is 32.8 Å². The van der Waals surface area contributed by atoms with E-state index in [1.807, 2.05) is 47.4 Å². The number of benzene rings is 1. The molecular formula is C23H36N6O. The Kier molecular flexibility index (Phi) is 8.71. The SMILES string of the molecule is CCNC(=NCc1cnn(-c2ccccc2)c1)NCC(CC(C)C)N1CCOCC1. The lowest BCUT2D eigenvalue weighted by Crippen LogP contribution is -2.51. The second-order valence-electron chi connectivity index (χ2n) is 8.14. The molecule has 164 valence electrons. The zero-order chi connectivity index (χ0) is 21.2. The van der Waals surface area contributed by atoms with Crippen LogP contribution in [0.25, 0.3) is 5.69 Å². The Morgan fingerprint density at radius 2 is 1.93 bits per heavy atom. The number of guanidine groups is 1. The van der Waals surface area contributed by atoms with E-state index in [0.29, 0.717) is 18.5 Å². The number of nitrogens with zero attached hydrogens (tertiary/aromatic N) is 4. The predicted octanol–water partition coefficient (Wildman–Crippen LogP) is 2.67. The van der Waals surface area contributed by atoms with Gasteiger partial charge in [0.25, 0.3) is 0 Å². The van der Waals surface area contributed by atoms with Crippen LogP contribution in [0.15, 0.2) is 47.7 Å². The third-order valence-corrected chi connectivity index (χ3v) is 5.23. The second-order valence-corrected chi connectivity index (χ2v) is 8.14. The molecule has 1 aromatic heterocycles. The maximum absolute atomic E-state index is 5.53. The molecule has 0 amide bonds. The van der Waals surface area contributed by atoms with Crippen molar-refractivity contribution in [2.45, 2.75) is 39.8 Å². The van der Waals surface area contributed by atoms with Crippen LogP contribution in [-0.2, 0) is 11.3 Å². The van der Waals surface area contributed by atoms with E-state index in [1.165, 1.54) is 0 Å². The molecule has 0 spiro atoms. The Morgan fingerprint density at radius 1 is 1.17 bits per heavy atom. The zero-order valence-corrected chi connectivity index (χ0v) is 18.6. The molecule has 1 aromatic carbocycles. The Morgan fingerprint density at radius 3 is 2.63 bits per heavy atom. The number of aromatic nitrogens is 2. The van der Waals surface area contributed by atoms with E-state index >= 15 is 0 Å². The molecule has 7 heteroatoms. The predicted molar refractivity (Wildman–Crippen MR) is 122 cm³/mol. The van der Waals surface area contributed by atoms with E-state index in [1.54, 1.807) is 0 Å². The smallest absolute Gasteiger partial charge is 0.191 e. The van der Waals surface area contributed by atoms with Crippen LogP contribution in [0.3, 0.4) is 0 Å². The molecule has 0 bridgehead atoms. The van der Waals surface area contributed by atoms with Gasteiger partial charge in [0.1, 0.15) is 0 Å². The number of hydrogen-bond donors (Lipinski definition) is 2. The van der Waals surface area contributed by atoms with Crippen molar-refractivity contribution in [3.05, 3.63) is 48.3 Å². The Bertz CT molecular complexity index is 767. The van der Waals surface area contributed by atoms with Crippen LogP contribution in [0, 0.1) is 5.92 Å². The maximum Gasteiger partial charge on any atom is 0.191 e. The lowest BCUT2D eigenvalue weighted by Gasteiger charge is -2.35. The largest absolute Gasteiger partial charge is 0.379 e. The molecule has 0 radical (unpaired) electrons. The van der Waals surface area contributed by atoms with Crippen LogP contribution < -0.4 is 10.6 Å². The summed E-state index contributed by atoms with van der Waals surface area (Å²) in [6, 6.07) is 10.6. The normalized spacial score (nSPS) is 16.6. The fourth-order valence-corrected chi connectivity index (χ4v) is 3.74. The summed E-state index contributed by atoms with van der Waals surface area (Å²) in [7, 11) is 0. The first kappa shape index (κ1) is 22.3. The van der Waals surface area contributed by atoms with Gasteiger partial charge in [0, 0.05) is 44.0 Å². The number of ether oxygens (including phenoxy) is 1. The number of rotatable bonds is 9. The molecular weight excluding hydrogens is 376 g/mol. The highest BCUT2D eigenvalue weighted by Crippen LogP contribution is 2.13. The molecule has 30 heavy (non-hydrogen) atoms. The van der Waals surface area contributed by atoms with Crippen LogP contribution >= 0.6 is 0 Å². The van der Waals surface area contributed by atoms with Gasteiger partial charge in [-0.1, -0.05) is 32.0 Å². The fourth-order valence-electron chi connectivity index (χ4n) is 3.74. The van der Waals surface area contributed by atoms with Gasteiger partial charge in [-0.05, 0) is 31.4 Å². The van der Waals surface area contributed by atoms with Gasteiger partial charge in [-0.2, -0.15) is 5.10 Å². The Hall–Kier alpha value is -2.38. The van der Waals surface area contributed by atoms with Crippen LogP contribution in [-0.4, -0.2) is 66.1 Å². The maximum atomic E-state index is 5.53. The van der Waals surface area contributed by atoms with Crippen molar-refractivity contribution < 1.29 is 4.74 Å². The summed E-state index contributed by atoms with van der Waals surface area (Å²) in [6.07, 6.45) is 5.09. The van der Waals surface area contributed by atoms with Crippen molar-refractivity contribution in [3.8, 4) is 5.69 Å². The first-order valence-electron chi connectivity index (χ1n) is 11.1. The fraction of sp³-hybridized carbons (Fsp3) is 0.565. The minimum absolute atomic E-state index is 0.485. The molecule has 1 aliphatic rings. The van der Waals surface area contributed by atoms with Crippen LogP contribution in [0.5, 0.6) is 0 Å². The average molecular weight is 413 g/mol. The van der Waals surface area contributed by atoms with Gasteiger partial charge in [-0.3, -0.25) is 4.90 Å². The van der Waals surface area contributed by atoms with Gasteiger partial charge in [-0.25, -0.2) is 9.67 Å². The standard InChI is InChI=1S/C23H36N6O/c1-4-24-23(26-17-22(14-19(2)3)28-10-12-30-13-11-28)25-15-20-16-27-29(18-20)21-8-6-5-7-9-21/h5-9,16,18-19,22H,4,10-15,17H2,1-3H3,(H2,24,25,26). The first-order chi connectivity index (χ1) is 14.7. The number of hydrogen-bond acceptors (Lipinski definition) is 4. The summed E-state index contributed by atoms with van der Waals surface area (Å²) in [6.45, 7) is 12.6. The number of nitrogens with one attached hydrogen (secondary N) is 2. The van der Waals surface area contributed by atoms with E-state index < -0.39 is 0 Å². The summed E-state index contributed by atoms with van der Waals surface area (Å²) in [4.78, 5) is 7.33. The van der Waals surface area contributed by atoms with Gasteiger partial charge in [0.2, 0.25) is 0 Å². The topological polar surface area (TPSA) is 66.7 Å². The summed E-state index contributed by atoms with van der Waals surface area (Å²) in [5.41, 5.74) is 2.14. The van der Waals surface area contributed by atoms with E-state index in [0.717, 1.165) is 63.0 Å².